The second-order valence-corrected chi connectivity index (χ2v) is 2.09. The van der Waals surface area contributed by atoms with Crippen LogP contribution in [0.25, 0.3) is 6.08 Å². The Kier molecular flexibility index (Phi) is 1.81. The van der Waals surface area contributed by atoms with Crippen molar-refractivity contribution in [3.63, 3.8) is 0 Å². The third-order valence-corrected chi connectivity index (χ3v) is 1.33. The Labute approximate surface area is 62.0 Å². The lowest BCUT2D eigenvalue weighted by Crippen LogP contribution is -2.03. The smallest absolute Gasteiger partial charge is 0.113 e. The van der Waals surface area contributed by atoms with Gasteiger partial charge in [0.25, 0.3) is 0 Å². The molecule has 0 unspecified atom stereocenters. The predicted molar refractivity (Wildman–Crippen MR) is 46.3 cm³/mol. The number of hydrogen-bond donors (Lipinski definition) is 1. The average Bonchev–Trinajstić information content (AvgIpc) is 1.88. The monoisotopic (exact) mass is 129 g/mol. The van der Waals surface area contributed by atoms with E-state index in [2.05, 4.69) is 6.58 Å². The molecular weight excluding hydrogens is 121 g/mol. The van der Waals surface area contributed by atoms with Crippen LogP contribution in [0.2, 0.25) is 0 Å². The Morgan fingerprint density at radius 2 is 2.20 bits per heavy atom. The number of rotatable bonds is 1. The van der Waals surface area contributed by atoms with Crippen LogP contribution in [0, 0.1) is 0 Å². The molecule has 48 valence electrons. The maximum atomic E-state index is 5.58. The molecule has 10 heavy (non-hydrogen) atoms. The zero-order chi connectivity index (χ0) is 7.56. The van der Waals surface area contributed by atoms with Gasteiger partial charge in [-0.3, -0.25) is 0 Å². The number of nitrogens with two attached hydrogens (primary N) is 1. The summed E-state index contributed by atoms with van der Waals surface area (Å²) in [5, 5.41) is 0. The number of anilines is 1. The summed E-state index contributed by atoms with van der Waals surface area (Å²) < 4.78 is 0. The molecule has 0 aromatic heterocycles. The second-order valence-electron chi connectivity index (χ2n) is 2.09. The fourth-order valence-electron chi connectivity index (χ4n) is 0.779. The van der Waals surface area contributed by atoms with E-state index in [-0.39, 0.29) is 0 Å². The van der Waals surface area contributed by atoms with Gasteiger partial charge in [0.2, 0.25) is 0 Å². The molecule has 0 amide bonds. The predicted octanol–water partition coefficient (Wildman–Crippen LogP) is 0.706. The standard InChI is InChI=1S/C8H8BN/c1-2-6-3-4-7(9)5-8(6)10/h2-5H,1,10H2. The van der Waals surface area contributed by atoms with Crippen molar-refractivity contribution >= 4 is 25.1 Å². The van der Waals surface area contributed by atoms with Gasteiger partial charge in [-0.25, -0.2) is 0 Å². The first-order valence-corrected chi connectivity index (χ1v) is 3.01. The summed E-state index contributed by atoms with van der Waals surface area (Å²) in [5.41, 5.74) is 7.87. The van der Waals surface area contributed by atoms with Gasteiger partial charge in [0.1, 0.15) is 7.85 Å². The molecule has 0 fully saturated rings. The van der Waals surface area contributed by atoms with Gasteiger partial charge in [0, 0.05) is 5.69 Å². The molecule has 0 saturated heterocycles. The zero-order valence-corrected chi connectivity index (χ0v) is 5.67. The molecule has 2 radical (unpaired) electrons. The van der Waals surface area contributed by atoms with E-state index >= 15 is 0 Å². The molecule has 1 nitrogen and oxygen atoms in total. The molecule has 0 heterocycles. The molecule has 2 heteroatoms. The van der Waals surface area contributed by atoms with Gasteiger partial charge in [-0.1, -0.05) is 30.3 Å². The van der Waals surface area contributed by atoms with E-state index in [1.165, 1.54) is 0 Å². The fourth-order valence-corrected chi connectivity index (χ4v) is 0.779. The molecule has 0 saturated carbocycles. The minimum atomic E-state index is 0.676. The Bertz CT molecular complexity index is 255. The van der Waals surface area contributed by atoms with Crippen LogP contribution in [-0.2, 0) is 0 Å². The quantitative estimate of drug-likeness (QED) is 0.438. The first-order chi connectivity index (χ1) is 4.74. The van der Waals surface area contributed by atoms with Gasteiger partial charge in [0.15, 0.2) is 0 Å². The summed E-state index contributed by atoms with van der Waals surface area (Å²) in [5.74, 6) is 0. The molecule has 1 aromatic rings. The highest BCUT2D eigenvalue weighted by atomic mass is 14.5. The van der Waals surface area contributed by atoms with E-state index in [1.807, 2.05) is 6.07 Å². The summed E-state index contributed by atoms with van der Waals surface area (Å²) in [4.78, 5) is 0. The van der Waals surface area contributed by atoms with E-state index in [0.29, 0.717) is 11.2 Å². The van der Waals surface area contributed by atoms with E-state index < -0.39 is 0 Å². The maximum Gasteiger partial charge on any atom is 0.113 e. The highest BCUT2D eigenvalue weighted by Crippen LogP contribution is 2.08. The van der Waals surface area contributed by atoms with Crippen molar-refractivity contribution in [3.8, 4) is 0 Å². The van der Waals surface area contributed by atoms with Crippen LogP contribution < -0.4 is 11.2 Å². The molecule has 1 rings (SSSR count). The third kappa shape index (κ3) is 1.21. The SMILES string of the molecule is [B]c1ccc(C=C)c(N)c1. The van der Waals surface area contributed by atoms with Crippen LogP contribution in [0.15, 0.2) is 24.8 Å². The number of hydrogen-bond acceptors (Lipinski definition) is 1. The molecule has 2 N–H and O–H groups in total. The van der Waals surface area contributed by atoms with Crippen LogP contribution in [0.5, 0.6) is 0 Å². The molecule has 0 aliphatic carbocycles. The summed E-state index contributed by atoms with van der Waals surface area (Å²) in [6, 6.07) is 5.36. The van der Waals surface area contributed by atoms with Crippen molar-refractivity contribution in [2.45, 2.75) is 0 Å². The zero-order valence-electron chi connectivity index (χ0n) is 5.67. The molecule has 0 bridgehead atoms. The molecule has 0 aliphatic rings. The summed E-state index contributed by atoms with van der Waals surface area (Å²) >= 11 is 0. The van der Waals surface area contributed by atoms with Crippen molar-refractivity contribution < 1.29 is 0 Å². The van der Waals surface area contributed by atoms with Crippen LogP contribution in [-0.4, -0.2) is 7.85 Å². The Hall–Kier alpha value is -1.18. The third-order valence-electron chi connectivity index (χ3n) is 1.33. The lowest BCUT2D eigenvalue weighted by atomic mass is 9.94. The van der Waals surface area contributed by atoms with E-state index in [9.17, 15) is 0 Å². The van der Waals surface area contributed by atoms with Crippen LogP contribution in [0.4, 0.5) is 5.69 Å². The molecular formula is C8H8BN. The Morgan fingerprint density at radius 3 is 2.70 bits per heavy atom. The van der Waals surface area contributed by atoms with Crippen molar-refractivity contribution in [1.82, 2.24) is 0 Å². The van der Waals surface area contributed by atoms with Gasteiger partial charge in [-0.15, -0.1) is 0 Å². The summed E-state index contributed by atoms with van der Waals surface area (Å²) in [6.07, 6.45) is 1.70. The number of nitrogen functional groups attached to an aromatic ring is 1. The maximum absolute atomic E-state index is 5.58. The van der Waals surface area contributed by atoms with Gasteiger partial charge in [-0.05, 0) is 11.6 Å². The Balaban J connectivity index is 3.19. The van der Waals surface area contributed by atoms with Crippen molar-refractivity contribution in [2.24, 2.45) is 0 Å². The largest absolute Gasteiger partial charge is 0.398 e. The van der Waals surface area contributed by atoms with Gasteiger partial charge in [0.05, 0.1) is 0 Å². The molecule has 0 aliphatic heterocycles. The Morgan fingerprint density at radius 1 is 1.50 bits per heavy atom. The van der Waals surface area contributed by atoms with Crippen molar-refractivity contribution in [3.05, 3.63) is 30.3 Å². The van der Waals surface area contributed by atoms with E-state index in [4.69, 9.17) is 13.6 Å². The van der Waals surface area contributed by atoms with Gasteiger partial charge >= 0.3 is 0 Å². The van der Waals surface area contributed by atoms with Gasteiger partial charge < -0.3 is 5.73 Å². The second kappa shape index (κ2) is 2.61. The molecule has 1 aromatic carbocycles. The fraction of sp³-hybridized carbons (Fsp3) is 0. The number of benzene rings is 1. The highest BCUT2D eigenvalue weighted by molar-refractivity contribution is 6.32. The van der Waals surface area contributed by atoms with E-state index in [0.717, 1.165) is 5.56 Å². The lowest BCUT2D eigenvalue weighted by molar-refractivity contribution is 1.68. The molecule has 0 atom stereocenters. The lowest BCUT2D eigenvalue weighted by Gasteiger charge is -1.99. The minimum Gasteiger partial charge on any atom is -0.398 e. The van der Waals surface area contributed by atoms with Gasteiger partial charge in [-0.2, -0.15) is 0 Å². The highest BCUT2D eigenvalue weighted by Gasteiger charge is 1.91. The molecule has 0 spiro atoms. The van der Waals surface area contributed by atoms with Crippen molar-refractivity contribution in [1.29, 1.82) is 0 Å². The summed E-state index contributed by atoms with van der Waals surface area (Å²) in [7, 11) is 5.47. The average molecular weight is 129 g/mol. The van der Waals surface area contributed by atoms with E-state index in [1.54, 1.807) is 18.2 Å². The minimum absolute atomic E-state index is 0.676. The van der Waals surface area contributed by atoms with Crippen LogP contribution in [0.3, 0.4) is 0 Å². The van der Waals surface area contributed by atoms with Crippen molar-refractivity contribution in [2.75, 3.05) is 5.73 Å². The normalized spacial score (nSPS) is 9.20. The first-order valence-electron chi connectivity index (χ1n) is 3.01. The van der Waals surface area contributed by atoms with Crippen LogP contribution in [0.1, 0.15) is 5.56 Å². The topological polar surface area (TPSA) is 26.0 Å². The van der Waals surface area contributed by atoms with Crippen LogP contribution >= 0.6 is 0 Å². The first kappa shape index (κ1) is 6.94. The summed E-state index contributed by atoms with van der Waals surface area (Å²) in [6.45, 7) is 3.60.